The summed E-state index contributed by atoms with van der Waals surface area (Å²) in [6.07, 6.45) is 2.14. The highest BCUT2D eigenvalue weighted by Gasteiger charge is 2.21. The smallest absolute Gasteiger partial charge is 0.240 e. The predicted molar refractivity (Wildman–Crippen MR) is 113 cm³/mol. The Kier molecular flexibility index (Phi) is 4.23. The molecule has 0 fully saturated rings. The number of benzene rings is 2. The molecule has 0 spiro atoms. The molecule has 0 bridgehead atoms. The van der Waals surface area contributed by atoms with Gasteiger partial charge in [0.15, 0.2) is 0 Å². The third kappa shape index (κ3) is 2.89. The normalized spacial score (nSPS) is 11.1. The van der Waals surface area contributed by atoms with Gasteiger partial charge >= 0.3 is 0 Å². The van der Waals surface area contributed by atoms with E-state index in [9.17, 15) is 0 Å². The van der Waals surface area contributed by atoms with E-state index < -0.39 is 0 Å². The van der Waals surface area contributed by atoms with Gasteiger partial charge in [-0.3, -0.25) is 4.90 Å². The first-order valence-corrected chi connectivity index (χ1v) is 9.34. The van der Waals surface area contributed by atoms with Crippen LogP contribution >= 0.6 is 0 Å². The van der Waals surface area contributed by atoms with Gasteiger partial charge in [0, 0.05) is 6.07 Å². The molecule has 3 heteroatoms. The van der Waals surface area contributed by atoms with Crippen LogP contribution in [0.1, 0.15) is 16.7 Å². The predicted octanol–water partition coefficient (Wildman–Crippen LogP) is 5.15. The largest absolute Gasteiger partial charge is 0.262 e. The van der Waals surface area contributed by atoms with Crippen molar-refractivity contribution >= 4 is 22.5 Å². The summed E-state index contributed by atoms with van der Waals surface area (Å²) in [5.41, 5.74) is 7.54. The summed E-state index contributed by atoms with van der Waals surface area (Å²) in [6, 6.07) is 21.6. The summed E-state index contributed by atoms with van der Waals surface area (Å²) < 4.78 is 4.53. The molecule has 3 nitrogen and oxygen atoms in total. The summed E-state index contributed by atoms with van der Waals surface area (Å²) in [6.45, 7) is 6.54. The fourth-order valence-corrected chi connectivity index (χ4v) is 4.26. The number of aromatic nitrogens is 2. The molecule has 4 aromatic rings. The summed E-state index contributed by atoms with van der Waals surface area (Å²) in [7, 11) is 4.30. The average Bonchev–Trinajstić information content (AvgIpc) is 3.07. The maximum atomic E-state index is 2.30. The van der Waals surface area contributed by atoms with E-state index in [0.717, 1.165) is 5.82 Å². The van der Waals surface area contributed by atoms with Gasteiger partial charge in [-0.25, -0.2) is 9.13 Å². The Morgan fingerprint density at radius 1 is 0.852 bits per heavy atom. The van der Waals surface area contributed by atoms with Gasteiger partial charge in [-0.2, -0.15) is 0 Å². The fraction of sp³-hybridized carbons (Fsp3) is 0.208. The van der Waals surface area contributed by atoms with E-state index in [0.29, 0.717) is 0 Å². The Balaban J connectivity index is 1.90. The molecule has 2 heterocycles. The van der Waals surface area contributed by atoms with Gasteiger partial charge in [0.25, 0.3) is 0 Å². The van der Waals surface area contributed by atoms with Crippen LogP contribution < -0.4 is 9.47 Å². The highest BCUT2D eigenvalue weighted by Crippen LogP contribution is 2.30. The Bertz CT molecular complexity index is 1100. The zero-order chi connectivity index (χ0) is 19.1. The van der Waals surface area contributed by atoms with Crippen LogP contribution in [0.25, 0.3) is 16.7 Å². The molecule has 0 unspecified atom stereocenters. The van der Waals surface area contributed by atoms with Crippen molar-refractivity contribution in [3.63, 3.8) is 0 Å². The van der Waals surface area contributed by atoms with Crippen molar-refractivity contribution in [1.29, 1.82) is 0 Å². The SMILES string of the molecule is Cc1cc(C)c(N(C)c2ccc3ccn(-c4ccccc4)c3[n+]2C)c(C)c1. The first kappa shape index (κ1) is 17.3. The van der Waals surface area contributed by atoms with Gasteiger partial charge < -0.3 is 0 Å². The zero-order valence-electron chi connectivity index (χ0n) is 16.7. The standard InChI is InChI=1S/C24H26N3/c1-17-15-18(2)23(19(3)16-17)25(4)22-12-11-20-13-14-27(24(20)26(22)5)21-9-7-6-8-10-21/h6-16H,1-5H3/q+1. The summed E-state index contributed by atoms with van der Waals surface area (Å²) in [4.78, 5) is 2.30. The minimum Gasteiger partial charge on any atom is -0.262 e. The van der Waals surface area contributed by atoms with Crippen LogP contribution in [0.3, 0.4) is 0 Å². The summed E-state index contributed by atoms with van der Waals surface area (Å²) >= 11 is 0. The third-order valence-corrected chi connectivity index (χ3v) is 5.31. The molecule has 0 N–H and O–H groups in total. The van der Waals surface area contributed by atoms with E-state index in [-0.39, 0.29) is 0 Å². The number of nitrogens with zero attached hydrogens (tertiary/aromatic N) is 3. The molecule has 2 aromatic heterocycles. The number of aryl methyl sites for hydroxylation is 4. The number of anilines is 2. The van der Waals surface area contributed by atoms with E-state index in [4.69, 9.17) is 0 Å². The van der Waals surface area contributed by atoms with Crippen LogP contribution in [-0.4, -0.2) is 11.6 Å². The van der Waals surface area contributed by atoms with Gasteiger partial charge in [-0.1, -0.05) is 35.9 Å². The second-order valence-electron chi connectivity index (χ2n) is 7.36. The first-order valence-electron chi connectivity index (χ1n) is 9.34. The van der Waals surface area contributed by atoms with Gasteiger partial charge in [0.1, 0.15) is 11.4 Å². The summed E-state index contributed by atoms with van der Waals surface area (Å²) in [5, 5.41) is 1.23. The van der Waals surface area contributed by atoms with E-state index >= 15 is 0 Å². The minimum absolute atomic E-state index is 1.16. The number of rotatable bonds is 3. The van der Waals surface area contributed by atoms with Gasteiger partial charge in [0.2, 0.25) is 11.5 Å². The van der Waals surface area contributed by atoms with Crippen LogP contribution in [0.5, 0.6) is 0 Å². The zero-order valence-corrected chi connectivity index (χ0v) is 16.7. The fourth-order valence-electron chi connectivity index (χ4n) is 4.26. The number of hydrogen-bond donors (Lipinski definition) is 0. The van der Waals surface area contributed by atoms with Gasteiger partial charge in [-0.15, -0.1) is 0 Å². The van der Waals surface area contributed by atoms with Crippen molar-refractivity contribution in [2.45, 2.75) is 20.8 Å². The quantitative estimate of drug-likeness (QED) is 0.462. The lowest BCUT2D eigenvalue weighted by atomic mass is 10.0. The Hall–Kier alpha value is -3.07. The van der Waals surface area contributed by atoms with Crippen LogP contribution in [-0.2, 0) is 7.05 Å². The Morgan fingerprint density at radius 2 is 1.52 bits per heavy atom. The van der Waals surface area contributed by atoms with E-state index in [1.165, 1.54) is 39.1 Å². The van der Waals surface area contributed by atoms with Crippen molar-refractivity contribution in [3.05, 3.63) is 83.6 Å². The Labute approximate surface area is 161 Å². The van der Waals surface area contributed by atoms with Crippen molar-refractivity contribution < 1.29 is 4.57 Å². The van der Waals surface area contributed by atoms with Crippen LogP contribution in [0.2, 0.25) is 0 Å². The monoisotopic (exact) mass is 356 g/mol. The average molecular weight is 356 g/mol. The van der Waals surface area contributed by atoms with Gasteiger partial charge in [0.05, 0.1) is 25.7 Å². The molecule has 0 aliphatic rings. The second-order valence-corrected chi connectivity index (χ2v) is 7.36. The molecule has 0 amide bonds. The minimum atomic E-state index is 1.16. The molecule has 2 aromatic carbocycles. The number of hydrogen-bond acceptors (Lipinski definition) is 1. The maximum absolute atomic E-state index is 2.30. The van der Waals surface area contributed by atoms with E-state index in [1.807, 2.05) is 0 Å². The number of pyridine rings is 1. The topological polar surface area (TPSA) is 12.1 Å². The van der Waals surface area contributed by atoms with Crippen LogP contribution in [0.15, 0.2) is 66.9 Å². The second kappa shape index (κ2) is 6.58. The van der Waals surface area contributed by atoms with E-state index in [1.54, 1.807) is 0 Å². The lowest BCUT2D eigenvalue weighted by molar-refractivity contribution is -0.634. The van der Waals surface area contributed by atoms with Crippen molar-refractivity contribution in [1.82, 2.24) is 4.57 Å². The number of fused-ring (bicyclic) bond motifs is 1. The molecule has 27 heavy (non-hydrogen) atoms. The molecule has 0 radical (unpaired) electrons. The lowest BCUT2D eigenvalue weighted by Gasteiger charge is -2.21. The van der Waals surface area contributed by atoms with Crippen molar-refractivity contribution in [2.75, 3.05) is 11.9 Å². The molecular weight excluding hydrogens is 330 g/mol. The molecule has 136 valence electrons. The molecule has 4 rings (SSSR count). The first-order chi connectivity index (χ1) is 13.0. The Morgan fingerprint density at radius 3 is 2.19 bits per heavy atom. The molecule has 0 aliphatic heterocycles. The number of para-hydroxylation sites is 1. The lowest BCUT2D eigenvalue weighted by Crippen LogP contribution is -2.37. The van der Waals surface area contributed by atoms with Crippen LogP contribution in [0, 0.1) is 20.8 Å². The summed E-state index contributed by atoms with van der Waals surface area (Å²) in [5.74, 6) is 1.16. The third-order valence-electron chi connectivity index (χ3n) is 5.31. The van der Waals surface area contributed by atoms with Gasteiger partial charge in [-0.05, 0) is 56.2 Å². The molecule has 0 saturated carbocycles. The van der Waals surface area contributed by atoms with Crippen LogP contribution in [0.4, 0.5) is 11.5 Å². The van der Waals surface area contributed by atoms with Crippen molar-refractivity contribution in [2.24, 2.45) is 7.05 Å². The highest BCUT2D eigenvalue weighted by molar-refractivity contribution is 5.77. The molecule has 0 aliphatic carbocycles. The molecule has 0 atom stereocenters. The van der Waals surface area contributed by atoms with E-state index in [2.05, 4.69) is 116 Å². The molecule has 0 saturated heterocycles. The molecular formula is C24H26N3+. The highest BCUT2D eigenvalue weighted by atomic mass is 15.2. The van der Waals surface area contributed by atoms with Crippen molar-refractivity contribution in [3.8, 4) is 5.69 Å². The maximum Gasteiger partial charge on any atom is 0.240 e.